The lowest BCUT2D eigenvalue weighted by molar-refractivity contribution is 1.09. The molecule has 64 valence electrons. The normalized spacial score (nSPS) is 9.85. The molecule has 2 aromatic rings. The first-order chi connectivity index (χ1) is 6.42. The molecule has 3 nitrogen and oxygen atoms in total. The summed E-state index contributed by atoms with van der Waals surface area (Å²) in [6, 6.07) is 3.86. The summed E-state index contributed by atoms with van der Waals surface area (Å²) in [5, 5.41) is 6.88. The van der Waals surface area contributed by atoms with Crippen molar-refractivity contribution in [2.75, 3.05) is 0 Å². The molecule has 0 atom stereocenters. The molecule has 0 spiro atoms. The van der Waals surface area contributed by atoms with Gasteiger partial charge in [0.25, 0.3) is 0 Å². The van der Waals surface area contributed by atoms with E-state index >= 15 is 0 Å². The highest BCUT2D eigenvalue weighted by molar-refractivity contribution is 5.70. The van der Waals surface area contributed by atoms with Crippen LogP contribution in [-0.4, -0.2) is 15.2 Å². The predicted molar refractivity (Wildman–Crippen MR) is 51.9 cm³/mol. The quantitative estimate of drug-likeness (QED) is 0.751. The Bertz CT molecular complexity index is 403. The second-order valence-electron chi connectivity index (χ2n) is 2.64. The Kier molecular flexibility index (Phi) is 1.92. The zero-order valence-electron chi connectivity index (χ0n) is 7.07. The van der Waals surface area contributed by atoms with Gasteiger partial charge in [0.05, 0.1) is 11.9 Å². The van der Waals surface area contributed by atoms with Gasteiger partial charge in [-0.2, -0.15) is 5.10 Å². The van der Waals surface area contributed by atoms with Crippen molar-refractivity contribution in [2.24, 2.45) is 0 Å². The van der Waals surface area contributed by atoms with E-state index in [0.29, 0.717) is 0 Å². The summed E-state index contributed by atoms with van der Waals surface area (Å²) in [6.07, 6.45) is 7.04. The molecule has 0 aliphatic carbocycles. The minimum absolute atomic E-state index is 0.984. The molecule has 0 aliphatic heterocycles. The van der Waals surface area contributed by atoms with Crippen LogP contribution in [0.4, 0.5) is 0 Å². The van der Waals surface area contributed by atoms with Gasteiger partial charge in [-0.05, 0) is 12.1 Å². The first kappa shape index (κ1) is 7.73. The van der Waals surface area contributed by atoms with Crippen LogP contribution in [0.5, 0.6) is 0 Å². The Morgan fingerprint density at radius 2 is 2.08 bits per heavy atom. The van der Waals surface area contributed by atoms with E-state index < -0.39 is 0 Å². The van der Waals surface area contributed by atoms with E-state index in [9.17, 15) is 0 Å². The molecule has 0 saturated heterocycles. The van der Waals surface area contributed by atoms with Gasteiger partial charge in [-0.25, -0.2) is 0 Å². The summed E-state index contributed by atoms with van der Waals surface area (Å²) in [7, 11) is 0. The van der Waals surface area contributed by atoms with E-state index in [1.165, 1.54) is 0 Å². The average Bonchev–Trinajstić information content (AvgIpc) is 2.67. The number of nitrogens with one attached hydrogen (secondary N) is 1. The Labute approximate surface area is 76.1 Å². The van der Waals surface area contributed by atoms with Crippen LogP contribution in [0, 0.1) is 0 Å². The number of H-pyrrole nitrogens is 1. The molecule has 2 rings (SSSR count). The SMILES string of the molecule is C=Cc1cn[nH]c1-c1ccncc1. The number of aromatic amines is 1. The Morgan fingerprint density at radius 3 is 2.77 bits per heavy atom. The zero-order valence-corrected chi connectivity index (χ0v) is 7.07. The van der Waals surface area contributed by atoms with Gasteiger partial charge in [-0.1, -0.05) is 12.7 Å². The molecule has 3 heteroatoms. The number of hydrogen-bond donors (Lipinski definition) is 1. The number of aromatic nitrogens is 3. The molecule has 0 aliphatic rings. The molecule has 0 fully saturated rings. The van der Waals surface area contributed by atoms with Gasteiger partial charge in [0.1, 0.15) is 0 Å². The molecular weight excluding hydrogens is 162 g/mol. The van der Waals surface area contributed by atoms with Crippen LogP contribution in [0.2, 0.25) is 0 Å². The highest BCUT2D eigenvalue weighted by Gasteiger charge is 2.02. The molecule has 0 aromatic carbocycles. The van der Waals surface area contributed by atoms with Crippen LogP contribution in [0.25, 0.3) is 17.3 Å². The maximum Gasteiger partial charge on any atom is 0.0723 e. The molecule has 0 saturated carbocycles. The number of nitrogens with zero attached hydrogens (tertiary/aromatic N) is 2. The fourth-order valence-electron chi connectivity index (χ4n) is 1.20. The minimum atomic E-state index is 0.984. The highest BCUT2D eigenvalue weighted by Crippen LogP contribution is 2.20. The molecule has 0 bridgehead atoms. The third-order valence-electron chi connectivity index (χ3n) is 1.86. The van der Waals surface area contributed by atoms with Crippen molar-refractivity contribution >= 4 is 6.08 Å². The molecule has 1 N–H and O–H groups in total. The van der Waals surface area contributed by atoms with Gasteiger partial charge in [0.2, 0.25) is 0 Å². The summed E-state index contributed by atoms with van der Waals surface area (Å²) in [4.78, 5) is 3.95. The van der Waals surface area contributed by atoms with Gasteiger partial charge in [-0.15, -0.1) is 0 Å². The number of pyridine rings is 1. The standard InChI is InChI=1S/C10H9N3/c1-2-8-7-12-13-10(8)9-3-5-11-6-4-9/h2-7H,1H2,(H,12,13). The second-order valence-corrected chi connectivity index (χ2v) is 2.64. The molecule has 0 amide bonds. The van der Waals surface area contributed by atoms with Crippen LogP contribution in [-0.2, 0) is 0 Å². The van der Waals surface area contributed by atoms with Crippen molar-refractivity contribution in [3.8, 4) is 11.3 Å². The summed E-state index contributed by atoms with van der Waals surface area (Å²) < 4.78 is 0. The lowest BCUT2D eigenvalue weighted by Gasteiger charge is -1.97. The topological polar surface area (TPSA) is 41.6 Å². The molecule has 0 radical (unpaired) electrons. The predicted octanol–water partition coefficient (Wildman–Crippen LogP) is 2.11. The molecular formula is C10H9N3. The monoisotopic (exact) mass is 171 g/mol. The van der Waals surface area contributed by atoms with E-state index in [1.54, 1.807) is 24.7 Å². The fourth-order valence-corrected chi connectivity index (χ4v) is 1.20. The van der Waals surface area contributed by atoms with Gasteiger partial charge >= 0.3 is 0 Å². The number of rotatable bonds is 2. The van der Waals surface area contributed by atoms with Crippen LogP contribution < -0.4 is 0 Å². The number of hydrogen-bond acceptors (Lipinski definition) is 2. The molecule has 2 aromatic heterocycles. The smallest absolute Gasteiger partial charge is 0.0723 e. The lowest BCUT2D eigenvalue weighted by atomic mass is 10.1. The van der Waals surface area contributed by atoms with Crippen LogP contribution in [0.1, 0.15) is 5.56 Å². The third-order valence-corrected chi connectivity index (χ3v) is 1.86. The van der Waals surface area contributed by atoms with Crippen molar-refractivity contribution in [1.82, 2.24) is 15.2 Å². The summed E-state index contributed by atoms with van der Waals surface area (Å²) >= 11 is 0. The highest BCUT2D eigenvalue weighted by atomic mass is 15.1. The van der Waals surface area contributed by atoms with E-state index in [0.717, 1.165) is 16.8 Å². The van der Waals surface area contributed by atoms with Gasteiger partial charge in [0.15, 0.2) is 0 Å². The molecule has 13 heavy (non-hydrogen) atoms. The van der Waals surface area contributed by atoms with Crippen molar-refractivity contribution in [3.63, 3.8) is 0 Å². The molecule has 2 heterocycles. The molecule has 0 unspecified atom stereocenters. The van der Waals surface area contributed by atoms with E-state index in [-0.39, 0.29) is 0 Å². The summed E-state index contributed by atoms with van der Waals surface area (Å²) in [5.74, 6) is 0. The van der Waals surface area contributed by atoms with E-state index in [2.05, 4.69) is 21.8 Å². The minimum Gasteiger partial charge on any atom is -0.277 e. The first-order valence-corrected chi connectivity index (χ1v) is 3.98. The van der Waals surface area contributed by atoms with Crippen molar-refractivity contribution in [2.45, 2.75) is 0 Å². The van der Waals surface area contributed by atoms with Crippen molar-refractivity contribution < 1.29 is 0 Å². The second kappa shape index (κ2) is 3.23. The maximum absolute atomic E-state index is 3.95. The lowest BCUT2D eigenvalue weighted by Crippen LogP contribution is -1.80. The Balaban J connectivity index is 2.52. The summed E-state index contributed by atoms with van der Waals surface area (Å²) in [5.41, 5.74) is 3.06. The van der Waals surface area contributed by atoms with Crippen LogP contribution in [0.15, 0.2) is 37.3 Å². The van der Waals surface area contributed by atoms with Gasteiger partial charge in [-0.3, -0.25) is 10.1 Å². The first-order valence-electron chi connectivity index (χ1n) is 3.98. The van der Waals surface area contributed by atoms with Gasteiger partial charge < -0.3 is 0 Å². The van der Waals surface area contributed by atoms with Crippen LogP contribution >= 0.6 is 0 Å². The average molecular weight is 171 g/mol. The van der Waals surface area contributed by atoms with E-state index in [1.807, 2.05) is 12.1 Å². The zero-order chi connectivity index (χ0) is 9.10. The van der Waals surface area contributed by atoms with Crippen molar-refractivity contribution in [3.05, 3.63) is 42.9 Å². The van der Waals surface area contributed by atoms with Gasteiger partial charge in [0, 0.05) is 23.5 Å². The van der Waals surface area contributed by atoms with E-state index in [4.69, 9.17) is 0 Å². The van der Waals surface area contributed by atoms with Crippen LogP contribution in [0.3, 0.4) is 0 Å². The van der Waals surface area contributed by atoms with Crippen molar-refractivity contribution in [1.29, 1.82) is 0 Å². The third kappa shape index (κ3) is 1.36. The Hall–Kier alpha value is -1.90. The largest absolute Gasteiger partial charge is 0.277 e. The Morgan fingerprint density at radius 1 is 1.31 bits per heavy atom. The maximum atomic E-state index is 3.95. The fraction of sp³-hybridized carbons (Fsp3) is 0. The summed E-state index contributed by atoms with van der Waals surface area (Å²) in [6.45, 7) is 3.71.